The normalized spacial score (nSPS) is 10.8. The van der Waals surface area contributed by atoms with Crippen LogP contribution in [0.15, 0.2) is 83.1 Å². The summed E-state index contributed by atoms with van der Waals surface area (Å²) < 4.78 is 1.43. The molecule has 154 valence electrons. The van der Waals surface area contributed by atoms with Crippen molar-refractivity contribution in [3.8, 4) is 44.8 Å². The van der Waals surface area contributed by atoms with Gasteiger partial charge in [0.1, 0.15) is 5.01 Å². The first-order valence-corrected chi connectivity index (χ1v) is 10.8. The first-order chi connectivity index (χ1) is 15.6. The Kier molecular flexibility index (Phi) is 4.98. The molecule has 0 saturated heterocycles. The van der Waals surface area contributed by atoms with Crippen LogP contribution in [-0.2, 0) is 0 Å². The number of thiazole rings is 1. The summed E-state index contributed by atoms with van der Waals surface area (Å²) in [5, 5.41) is 15.0. The van der Waals surface area contributed by atoms with E-state index in [1.165, 1.54) is 4.68 Å². The molecule has 7 heteroatoms. The van der Waals surface area contributed by atoms with Crippen LogP contribution in [0.1, 0.15) is 11.3 Å². The summed E-state index contributed by atoms with van der Waals surface area (Å²) in [6.45, 7) is 1.85. The highest BCUT2D eigenvalue weighted by atomic mass is 32.1. The number of nitriles is 1. The molecule has 0 aliphatic carbocycles. The lowest BCUT2D eigenvalue weighted by molar-refractivity contribution is 0.807. The van der Waals surface area contributed by atoms with E-state index in [0.29, 0.717) is 16.9 Å². The fraction of sp³-hybridized carbons (Fsp3) is 0.0400. The Morgan fingerprint density at radius 1 is 0.969 bits per heavy atom. The van der Waals surface area contributed by atoms with Gasteiger partial charge in [-0.2, -0.15) is 5.26 Å². The number of hydrogen-bond donors (Lipinski definition) is 1. The average Bonchev–Trinajstić information content (AvgIpc) is 3.45. The number of aryl methyl sites for hydroxylation is 1. The quantitative estimate of drug-likeness (QED) is 0.420. The van der Waals surface area contributed by atoms with Gasteiger partial charge in [0.05, 0.1) is 22.9 Å². The van der Waals surface area contributed by atoms with Crippen molar-refractivity contribution in [2.24, 2.45) is 0 Å². The van der Waals surface area contributed by atoms with Gasteiger partial charge in [-0.1, -0.05) is 42.5 Å². The molecule has 0 atom stereocenters. The number of nitrogens with one attached hydrogen (secondary N) is 1. The predicted molar refractivity (Wildman–Crippen MR) is 126 cm³/mol. The van der Waals surface area contributed by atoms with Crippen LogP contribution in [0.4, 0.5) is 0 Å². The molecule has 0 amide bonds. The Hall–Kier alpha value is -4.28. The van der Waals surface area contributed by atoms with Crippen LogP contribution < -0.4 is 5.56 Å². The number of H-pyrrole nitrogens is 1. The number of nitrogens with zero attached hydrogens (tertiary/aromatic N) is 4. The molecule has 0 bridgehead atoms. The second-order valence-electron chi connectivity index (χ2n) is 7.25. The number of aromatic nitrogens is 4. The van der Waals surface area contributed by atoms with E-state index in [0.717, 1.165) is 33.1 Å². The summed E-state index contributed by atoms with van der Waals surface area (Å²) in [7, 11) is 0. The highest BCUT2D eigenvalue weighted by Crippen LogP contribution is 2.28. The summed E-state index contributed by atoms with van der Waals surface area (Å²) in [4.78, 5) is 22.3. The molecular weight excluding hydrogens is 418 g/mol. The molecule has 0 spiro atoms. The number of pyridine rings is 1. The van der Waals surface area contributed by atoms with Gasteiger partial charge in [0, 0.05) is 28.4 Å². The van der Waals surface area contributed by atoms with Gasteiger partial charge < -0.3 is 0 Å². The van der Waals surface area contributed by atoms with Crippen molar-refractivity contribution in [1.29, 1.82) is 5.26 Å². The SMILES string of the molecule is Cc1[nH]n(-c2ccc(-c3nc(-c4ccccc4)cs3)cn2)c(=O)c1-c1ccc(C#N)cc1. The van der Waals surface area contributed by atoms with Gasteiger partial charge in [0.25, 0.3) is 5.56 Å². The van der Waals surface area contributed by atoms with Crippen LogP contribution in [-0.4, -0.2) is 19.7 Å². The molecule has 0 aliphatic rings. The second-order valence-corrected chi connectivity index (χ2v) is 8.11. The first kappa shape index (κ1) is 19.7. The zero-order valence-corrected chi connectivity index (χ0v) is 17.9. The minimum Gasteiger partial charge on any atom is -0.293 e. The molecular formula is C25H17N5OS. The standard InChI is InChI=1S/C25H17N5OS/c1-16-23(19-9-7-17(13-26)8-10-19)25(31)30(29-16)22-12-11-20(14-27-22)24-28-21(15-32-24)18-5-3-2-4-6-18/h2-12,14-15,29H,1H3. The Morgan fingerprint density at radius 2 is 1.72 bits per heavy atom. The largest absolute Gasteiger partial charge is 0.293 e. The van der Waals surface area contributed by atoms with Crippen molar-refractivity contribution < 1.29 is 0 Å². The Morgan fingerprint density at radius 3 is 2.41 bits per heavy atom. The highest BCUT2D eigenvalue weighted by Gasteiger charge is 2.15. The Balaban J connectivity index is 1.45. The van der Waals surface area contributed by atoms with Gasteiger partial charge in [0.2, 0.25) is 0 Å². The number of hydrogen-bond acceptors (Lipinski definition) is 5. The van der Waals surface area contributed by atoms with E-state index in [4.69, 9.17) is 10.2 Å². The molecule has 0 fully saturated rings. The third-order valence-electron chi connectivity index (χ3n) is 5.17. The lowest BCUT2D eigenvalue weighted by atomic mass is 10.1. The molecule has 0 radical (unpaired) electrons. The van der Waals surface area contributed by atoms with Crippen molar-refractivity contribution in [3.63, 3.8) is 0 Å². The van der Waals surface area contributed by atoms with Crippen molar-refractivity contribution in [2.75, 3.05) is 0 Å². The van der Waals surface area contributed by atoms with E-state index in [2.05, 4.69) is 16.2 Å². The van der Waals surface area contributed by atoms with Gasteiger partial charge in [0.15, 0.2) is 5.82 Å². The number of rotatable bonds is 4. The summed E-state index contributed by atoms with van der Waals surface area (Å²) in [5.41, 5.74) is 5.32. The predicted octanol–water partition coefficient (Wildman–Crippen LogP) is 5.20. The van der Waals surface area contributed by atoms with Crippen molar-refractivity contribution in [1.82, 2.24) is 19.7 Å². The van der Waals surface area contributed by atoms with Crippen LogP contribution in [0.25, 0.3) is 38.8 Å². The Labute approximate surface area is 188 Å². The van der Waals surface area contributed by atoms with E-state index in [1.807, 2.05) is 48.7 Å². The summed E-state index contributed by atoms with van der Waals surface area (Å²) in [6, 6.07) is 22.8. The maximum atomic E-state index is 13.1. The van der Waals surface area contributed by atoms with Gasteiger partial charge in [-0.15, -0.1) is 11.3 Å². The third kappa shape index (κ3) is 3.53. The molecule has 2 aromatic carbocycles. The molecule has 3 heterocycles. The third-order valence-corrected chi connectivity index (χ3v) is 6.06. The van der Waals surface area contributed by atoms with Crippen molar-refractivity contribution in [2.45, 2.75) is 6.92 Å². The number of aromatic amines is 1. The fourth-order valence-electron chi connectivity index (χ4n) is 3.55. The zero-order chi connectivity index (χ0) is 22.1. The van der Waals surface area contributed by atoms with Crippen molar-refractivity contribution in [3.05, 3.63) is 99.9 Å². The summed E-state index contributed by atoms with van der Waals surface area (Å²) in [5.74, 6) is 0.501. The molecule has 5 aromatic rings. The number of benzene rings is 2. The van der Waals surface area contributed by atoms with Crippen molar-refractivity contribution >= 4 is 11.3 Å². The summed E-state index contributed by atoms with van der Waals surface area (Å²) in [6.07, 6.45) is 1.73. The van der Waals surface area contributed by atoms with E-state index >= 15 is 0 Å². The van der Waals surface area contributed by atoms with Crippen LogP contribution in [0.3, 0.4) is 0 Å². The minimum absolute atomic E-state index is 0.187. The van der Waals surface area contributed by atoms with E-state index in [1.54, 1.807) is 47.9 Å². The van der Waals surface area contributed by atoms with Gasteiger partial charge in [-0.05, 0) is 36.8 Å². The van der Waals surface area contributed by atoms with Crippen LogP contribution in [0, 0.1) is 18.3 Å². The molecule has 32 heavy (non-hydrogen) atoms. The maximum absolute atomic E-state index is 13.1. The lowest BCUT2D eigenvalue weighted by Gasteiger charge is -2.02. The monoisotopic (exact) mass is 435 g/mol. The van der Waals surface area contributed by atoms with E-state index < -0.39 is 0 Å². The second kappa shape index (κ2) is 8.10. The van der Waals surface area contributed by atoms with Gasteiger partial charge in [-0.3, -0.25) is 9.89 Å². The molecule has 1 N–H and O–H groups in total. The molecule has 5 rings (SSSR count). The molecule has 6 nitrogen and oxygen atoms in total. The maximum Gasteiger partial charge on any atom is 0.280 e. The summed E-state index contributed by atoms with van der Waals surface area (Å²) >= 11 is 1.56. The van der Waals surface area contributed by atoms with Crippen LogP contribution >= 0.6 is 11.3 Å². The minimum atomic E-state index is -0.187. The van der Waals surface area contributed by atoms with Gasteiger partial charge in [-0.25, -0.2) is 14.6 Å². The lowest BCUT2D eigenvalue weighted by Crippen LogP contribution is -2.16. The molecule has 0 unspecified atom stereocenters. The Bertz CT molecular complexity index is 1490. The smallest absolute Gasteiger partial charge is 0.280 e. The van der Waals surface area contributed by atoms with E-state index in [9.17, 15) is 4.79 Å². The topological polar surface area (TPSA) is 87.4 Å². The average molecular weight is 436 g/mol. The zero-order valence-electron chi connectivity index (χ0n) is 17.1. The molecule has 3 aromatic heterocycles. The van der Waals surface area contributed by atoms with Crippen LogP contribution in [0.2, 0.25) is 0 Å². The van der Waals surface area contributed by atoms with E-state index in [-0.39, 0.29) is 5.56 Å². The highest BCUT2D eigenvalue weighted by molar-refractivity contribution is 7.13. The fourth-order valence-corrected chi connectivity index (χ4v) is 4.37. The molecule has 0 saturated carbocycles. The van der Waals surface area contributed by atoms with Crippen LogP contribution in [0.5, 0.6) is 0 Å². The molecule has 0 aliphatic heterocycles. The first-order valence-electron chi connectivity index (χ1n) is 9.94. The van der Waals surface area contributed by atoms with Gasteiger partial charge >= 0.3 is 0 Å².